The van der Waals surface area contributed by atoms with Crippen LogP contribution < -0.4 is 10.4 Å². The number of allylic oxidation sites excluding steroid dienone is 3. The van der Waals surface area contributed by atoms with Crippen LogP contribution in [0.1, 0.15) is 25.3 Å². The Hall–Kier alpha value is -2.94. The van der Waals surface area contributed by atoms with Crippen molar-refractivity contribution in [3.63, 3.8) is 0 Å². The number of hydrazine groups is 1. The van der Waals surface area contributed by atoms with E-state index in [9.17, 15) is 17.9 Å². The third kappa shape index (κ3) is 4.66. The van der Waals surface area contributed by atoms with Crippen molar-refractivity contribution < 1.29 is 17.9 Å². The monoisotopic (exact) mass is 495 g/mol. The molecule has 2 aliphatic carbocycles. The third-order valence-electron chi connectivity index (χ3n) is 7.15. The fraction of sp³-hybridized carbons (Fsp3) is 0.333. The van der Waals surface area contributed by atoms with Crippen LogP contribution in [-0.2, 0) is 15.8 Å². The molecule has 0 fully saturated rings. The van der Waals surface area contributed by atoms with Gasteiger partial charge in [-0.05, 0) is 60.2 Å². The Morgan fingerprint density at radius 1 is 1.14 bits per heavy atom. The van der Waals surface area contributed by atoms with Gasteiger partial charge in [0.15, 0.2) is 0 Å². The second-order valence-corrected chi connectivity index (χ2v) is 11.3. The van der Waals surface area contributed by atoms with Crippen molar-refractivity contribution >= 4 is 15.7 Å². The van der Waals surface area contributed by atoms with Crippen LogP contribution in [0, 0.1) is 17.7 Å². The molecule has 2 N–H and O–H groups in total. The lowest BCUT2D eigenvalue weighted by Gasteiger charge is -2.32. The number of hydrogen-bond donors (Lipinski definition) is 2. The van der Waals surface area contributed by atoms with Gasteiger partial charge in [0.05, 0.1) is 23.7 Å². The lowest BCUT2D eigenvalue weighted by molar-refractivity contribution is 0.242. The normalized spacial score (nSPS) is 21.5. The fourth-order valence-corrected chi connectivity index (χ4v) is 7.05. The van der Waals surface area contributed by atoms with Crippen molar-refractivity contribution in [3.8, 4) is 0 Å². The molecular formula is C27H30FN3O3S. The van der Waals surface area contributed by atoms with E-state index in [2.05, 4.69) is 18.4 Å². The summed E-state index contributed by atoms with van der Waals surface area (Å²) in [5.74, 6) is -0.127. The van der Waals surface area contributed by atoms with Gasteiger partial charge in [-0.25, -0.2) is 12.8 Å². The minimum absolute atomic E-state index is 0.0756. The van der Waals surface area contributed by atoms with Crippen LogP contribution in [0.25, 0.3) is 0 Å². The fourth-order valence-electron chi connectivity index (χ4n) is 5.48. The lowest BCUT2D eigenvalue weighted by Crippen LogP contribution is -2.39. The Balaban J connectivity index is 1.39. The van der Waals surface area contributed by atoms with Gasteiger partial charge >= 0.3 is 0 Å². The van der Waals surface area contributed by atoms with Gasteiger partial charge in [-0.1, -0.05) is 42.8 Å². The average molecular weight is 496 g/mol. The summed E-state index contributed by atoms with van der Waals surface area (Å²) >= 11 is 0. The first kappa shape index (κ1) is 23.8. The van der Waals surface area contributed by atoms with Crippen LogP contribution in [0.4, 0.5) is 10.1 Å². The number of aliphatic hydroxyl groups excluding tert-OH is 1. The second kappa shape index (κ2) is 9.60. The van der Waals surface area contributed by atoms with Crippen molar-refractivity contribution in [2.45, 2.75) is 25.5 Å². The molecule has 0 aromatic heterocycles. The zero-order chi connectivity index (χ0) is 24.6. The van der Waals surface area contributed by atoms with E-state index < -0.39 is 10.0 Å². The van der Waals surface area contributed by atoms with E-state index in [0.29, 0.717) is 6.54 Å². The predicted octanol–water partition coefficient (Wildman–Crippen LogP) is 4.10. The minimum atomic E-state index is -3.58. The van der Waals surface area contributed by atoms with Crippen molar-refractivity contribution in [3.05, 3.63) is 101 Å². The summed E-state index contributed by atoms with van der Waals surface area (Å²) in [6, 6.07) is 15.5. The summed E-state index contributed by atoms with van der Waals surface area (Å²) < 4.78 is 41.4. The van der Waals surface area contributed by atoms with Crippen LogP contribution in [0.15, 0.2) is 89.3 Å². The molecule has 6 nitrogen and oxygen atoms in total. The van der Waals surface area contributed by atoms with Crippen molar-refractivity contribution in [2.24, 2.45) is 11.8 Å². The molecule has 8 heteroatoms. The Morgan fingerprint density at radius 3 is 2.60 bits per heavy atom. The van der Waals surface area contributed by atoms with E-state index in [-0.39, 0.29) is 36.6 Å². The highest BCUT2D eigenvalue weighted by Gasteiger charge is 2.39. The number of hydrogen-bond acceptors (Lipinski definition) is 5. The summed E-state index contributed by atoms with van der Waals surface area (Å²) in [4.78, 5) is 0. The second-order valence-electron chi connectivity index (χ2n) is 9.33. The molecule has 3 aliphatic rings. The number of sulfonamides is 1. The summed E-state index contributed by atoms with van der Waals surface area (Å²) in [7, 11) is -3.58. The lowest BCUT2D eigenvalue weighted by atomic mass is 9.80. The molecular weight excluding hydrogens is 465 g/mol. The molecule has 0 bridgehead atoms. The third-order valence-corrected chi connectivity index (χ3v) is 8.96. The first-order chi connectivity index (χ1) is 16.9. The van der Waals surface area contributed by atoms with Gasteiger partial charge in [-0.3, -0.25) is 5.01 Å². The largest absolute Gasteiger partial charge is 0.395 e. The van der Waals surface area contributed by atoms with Gasteiger partial charge in [0, 0.05) is 30.8 Å². The topological polar surface area (TPSA) is 72.9 Å². The molecule has 0 unspecified atom stereocenters. The minimum Gasteiger partial charge on any atom is -0.395 e. The average Bonchev–Trinajstić information content (AvgIpc) is 3.45. The van der Waals surface area contributed by atoms with Crippen molar-refractivity contribution in [1.29, 1.82) is 0 Å². The molecule has 0 saturated carbocycles. The highest BCUT2D eigenvalue weighted by Crippen LogP contribution is 2.48. The first-order valence-electron chi connectivity index (χ1n) is 12.0. The number of halogens is 1. The van der Waals surface area contributed by atoms with E-state index in [1.807, 2.05) is 41.5 Å². The van der Waals surface area contributed by atoms with Crippen LogP contribution in [-0.4, -0.2) is 37.5 Å². The summed E-state index contributed by atoms with van der Waals surface area (Å²) in [5, 5.41) is 11.6. The van der Waals surface area contributed by atoms with E-state index in [1.54, 1.807) is 12.1 Å². The summed E-state index contributed by atoms with van der Waals surface area (Å²) in [5.41, 5.74) is 9.60. The Labute approximate surface area is 206 Å². The molecule has 0 amide bonds. The molecule has 0 saturated heterocycles. The molecule has 35 heavy (non-hydrogen) atoms. The number of rotatable bonds is 8. The Morgan fingerprint density at radius 2 is 1.89 bits per heavy atom. The zero-order valence-electron chi connectivity index (χ0n) is 19.7. The van der Waals surface area contributed by atoms with Gasteiger partial charge in [0.25, 0.3) is 0 Å². The van der Waals surface area contributed by atoms with Gasteiger partial charge in [-0.2, -0.15) is 4.31 Å². The number of anilines is 1. The number of aliphatic hydroxyl groups is 1. The number of fused-ring (bicyclic) bond motifs is 1. The predicted molar refractivity (Wildman–Crippen MR) is 135 cm³/mol. The molecule has 5 rings (SSSR count). The molecule has 2 aromatic rings. The Bertz CT molecular complexity index is 1290. The molecule has 1 heterocycles. The molecule has 184 valence electrons. The van der Waals surface area contributed by atoms with E-state index in [4.69, 9.17) is 0 Å². The van der Waals surface area contributed by atoms with Gasteiger partial charge in [0.1, 0.15) is 5.82 Å². The van der Waals surface area contributed by atoms with E-state index in [0.717, 1.165) is 35.4 Å². The smallest absolute Gasteiger partial charge is 0.218 e. The van der Waals surface area contributed by atoms with Crippen LogP contribution in [0.3, 0.4) is 0 Å². The van der Waals surface area contributed by atoms with E-state index in [1.165, 1.54) is 27.6 Å². The molecule has 2 aromatic carbocycles. The van der Waals surface area contributed by atoms with Gasteiger partial charge < -0.3 is 10.5 Å². The highest BCUT2D eigenvalue weighted by atomic mass is 32.2. The number of benzene rings is 2. The quantitative estimate of drug-likeness (QED) is 0.577. The first-order valence-corrected chi connectivity index (χ1v) is 13.6. The SMILES string of the molecule is C[C@H]1C2=CNN(c3ccc(F)cc3)C2=CC2=C1[C@@H](CN(CCO)S(=O)(=O)Cc1ccccc1)CC2. The summed E-state index contributed by atoms with van der Waals surface area (Å²) in [6.45, 7) is 2.40. The summed E-state index contributed by atoms with van der Waals surface area (Å²) in [6.07, 6.45) is 5.92. The molecule has 1 aliphatic heterocycles. The maximum Gasteiger partial charge on any atom is 0.218 e. The van der Waals surface area contributed by atoms with Crippen LogP contribution in [0.5, 0.6) is 0 Å². The van der Waals surface area contributed by atoms with Gasteiger partial charge in [-0.15, -0.1) is 0 Å². The van der Waals surface area contributed by atoms with Gasteiger partial charge in [0.2, 0.25) is 10.0 Å². The van der Waals surface area contributed by atoms with Crippen LogP contribution in [0.2, 0.25) is 0 Å². The zero-order valence-corrected chi connectivity index (χ0v) is 20.5. The standard InChI is InChI=1S/C27H30FN3O3S/c1-19-25-16-29-31(24-11-9-23(28)10-12-24)26(25)15-21-7-8-22(27(19)21)17-30(13-14-32)35(33,34)18-20-5-3-2-4-6-20/h2-6,9-12,15-16,19,22,29,32H,7-8,13-14,17-18H2,1H3/t19-,22+/m0/s1. The van der Waals surface area contributed by atoms with Crippen LogP contribution >= 0.6 is 0 Å². The Kier molecular flexibility index (Phi) is 6.53. The maximum atomic E-state index is 13.4. The molecule has 0 radical (unpaired) electrons. The highest BCUT2D eigenvalue weighted by molar-refractivity contribution is 7.88. The molecule has 2 atom stereocenters. The van der Waals surface area contributed by atoms with Crippen molar-refractivity contribution in [2.75, 3.05) is 24.7 Å². The maximum absolute atomic E-state index is 13.4. The van der Waals surface area contributed by atoms with Crippen molar-refractivity contribution in [1.82, 2.24) is 9.73 Å². The van der Waals surface area contributed by atoms with E-state index >= 15 is 0 Å². The molecule has 0 spiro atoms. The number of nitrogens with one attached hydrogen (secondary N) is 1. The number of nitrogens with zero attached hydrogens (tertiary/aromatic N) is 2.